The highest BCUT2D eigenvalue weighted by Gasteiger charge is 2.50. The van der Waals surface area contributed by atoms with E-state index in [0.717, 1.165) is 0 Å². The van der Waals surface area contributed by atoms with E-state index in [-0.39, 0.29) is 11.5 Å². The number of carbonyl (C=O) groups is 2. The summed E-state index contributed by atoms with van der Waals surface area (Å²) in [5, 5.41) is 0.637. The maximum atomic E-state index is 12.7. The molecule has 0 saturated heterocycles. The first-order valence-corrected chi connectivity index (χ1v) is 10.4. The highest BCUT2D eigenvalue weighted by Crippen LogP contribution is 2.46. The molecule has 0 bridgehead atoms. The van der Waals surface area contributed by atoms with Crippen LogP contribution in [0.4, 0.5) is 0 Å². The van der Waals surface area contributed by atoms with Crippen LogP contribution in [0.2, 0.25) is 0 Å². The molecule has 0 saturated carbocycles. The van der Waals surface area contributed by atoms with Crippen molar-refractivity contribution >= 4 is 22.9 Å². The smallest absolute Gasteiger partial charge is 0.336 e. The zero-order valence-corrected chi connectivity index (χ0v) is 18.7. The first-order chi connectivity index (χ1) is 14.6. The summed E-state index contributed by atoms with van der Waals surface area (Å²) in [6, 6.07) is 6.43. The predicted octanol–water partition coefficient (Wildman–Crippen LogP) is 4.47. The van der Waals surface area contributed by atoms with Gasteiger partial charge in [-0.25, -0.2) is 9.59 Å². The first-order valence-electron chi connectivity index (χ1n) is 10.4. The number of benzene rings is 1. The Morgan fingerprint density at radius 1 is 1.19 bits per heavy atom. The van der Waals surface area contributed by atoms with Crippen LogP contribution < -0.4 is 10.4 Å². The molecule has 7 heteroatoms. The molecule has 1 unspecified atom stereocenters. The number of hydrogen-bond acceptors (Lipinski definition) is 7. The molecule has 3 rings (SSSR count). The molecule has 0 radical (unpaired) electrons. The van der Waals surface area contributed by atoms with Crippen molar-refractivity contribution < 1.29 is 28.2 Å². The lowest BCUT2D eigenvalue weighted by Crippen LogP contribution is -2.52. The van der Waals surface area contributed by atoms with Gasteiger partial charge in [0.25, 0.3) is 0 Å². The fourth-order valence-electron chi connectivity index (χ4n) is 3.41. The average Bonchev–Trinajstić information content (AvgIpc) is 2.73. The lowest BCUT2D eigenvalue weighted by Gasteiger charge is -2.43. The lowest BCUT2D eigenvalue weighted by molar-refractivity contribution is -0.191. The van der Waals surface area contributed by atoms with Crippen molar-refractivity contribution in [2.75, 3.05) is 0 Å². The van der Waals surface area contributed by atoms with E-state index in [1.165, 1.54) is 6.07 Å². The number of hydrogen-bond donors (Lipinski definition) is 0. The van der Waals surface area contributed by atoms with Gasteiger partial charge in [-0.1, -0.05) is 19.9 Å². The van der Waals surface area contributed by atoms with E-state index in [2.05, 4.69) is 0 Å². The summed E-state index contributed by atoms with van der Waals surface area (Å²) < 4.78 is 23.3. The Labute approximate surface area is 181 Å². The van der Waals surface area contributed by atoms with Gasteiger partial charge < -0.3 is 18.6 Å². The van der Waals surface area contributed by atoms with Gasteiger partial charge in [-0.3, -0.25) is 4.79 Å². The van der Waals surface area contributed by atoms with Crippen molar-refractivity contribution in [1.82, 2.24) is 0 Å². The Kier molecular flexibility index (Phi) is 6.25. The Morgan fingerprint density at radius 3 is 2.52 bits per heavy atom. The largest absolute Gasteiger partial charge is 0.483 e. The summed E-state index contributed by atoms with van der Waals surface area (Å²) in [5.74, 6) is -0.913. The van der Waals surface area contributed by atoms with E-state index < -0.39 is 35.4 Å². The van der Waals surface area contributed by atoms with Crippen molar-refractivity contribution in [3.8, 4) is 5.75 Å². The summed E-state index contributed by atoms with van der Waals surface area (Å²) >= 11 is 0. The Bertz CT molecular complexity index is 1090. The standard InChI is InChI=1S/C24H28O7/c1-7-13(3)22(26)29-20-18-16(11-9-15-10-12-17(25)28-19(15)18)31-24(5,6)21(20)30-23(27)14(4)8-2/h7,9-12,14,20-21H,8H2,1-6H3/b13-7-/t14?,20-,21-/m1/s1. The van der Waals surface area contributed by atoms with Crippen LogP contribution in [0.25, 0.3) is 11.0 Å². The molecule has 0 N–H and O–H groups in total. The van der Waals surface area contributed by atoms with E-state index in [4.69, 9.17) is 18.6 Å². The monoisotopic (exact) mass is 428 g/mol. The molecule has 1 aromatic carbocycles. The number of fused-ring (bicyclic) bond motifs is 3. The fourth-order valence-corrected chi connectivity index (χ4v) is 3.41. The minimum Gasteiger partial charge on any atom is -0.483 e. The van der Waals surface area contributed by atoms with Gasteiger partial charge in [-0.05, 0) is 52.3 Å². The molecule has 31 heavy (non-hydrogen) atoms. The van der Waals surface area contributed by atoms with Crippen LogP contribution in [0.1, 0.15) is 59.6 Å². The van der Waals surface area contributed by atoms with Crippen molar-refractivity contribution in [2.45, 2.75) is 65.8 Å². The first kappa shape index (κ1) is 22.6. The second kappa shape index (κ2) is 8.57. The van der Waals surface area contributed by atoms with E-state index in [1.807, 2.05) is 6.92 Å². The van der Waals surface area contributed by atoms with Gasteiger partial charge in [0, 0.05) is 17.0 Å². The molecule has 0 spiro atoms. The molecular formula is C24H28O7. The van der Waals surface area contributed by atoms with Crippen LogP contribution in [0.15, 0.2) is 45.1 Å². The maximum Gasteiger partial charge on any atom is 0.336 e. The van der Waals surface area contributed by atoms with Crippen molar-refractivity contribution in [1.29, 1.82) is 0 Å². The van der Waals surface area contributed by atoms with Gasteiger partial charge >= 0.3 is 17.6 Å². The number of carbonyl (C=O) groups excluding carboxylic acids is 2. The highest BCUT2D eigenvalue weighted by molar-refractivity contribution is 5.89. The second-order valence-corrected chi connectivity index (χ2v) is 8.32. The van der Waals surface area contributed by atoms with E-state index in [9.17, 15) is 14.4 Å². The average molecular weight is 428 g/mol. The molecule has 3 atom stereocenters. The topological polar surface area (TPSA) is 92.0 Å². The molecule has 0 amide bonds. The van der Waals surface area contributed by atoms with Gasteiger partial charge in [0.15, 0.2) is 12.2 Å². The number of esters is 2. The minimum absolute atomic E-state index is 0.237. The molecule has 2 aromatic rings. The van der Waals surface area contributed by atoms with Crippen LogP contribution >= 0.6 is 0 Å². The predicted molar refractivity (Wildman–Crippen MR) is 115 cm³/mol. The van der Waals surface area contributed by atoms with Crippen molar-refractivity contribution in [3.63, 3.8) is 0 Å². The summed E-state index contributed by atoms with van der Waals surface area (Å²) in [5.41, 5.74) is -0.545. The lowest BCUT2D eigenvalue weighted by atomic mass is 9.87. The molecule has 7 nitrogen and oxygen atoms in total. The van der Waals surface area contributed by atoms with Crippen LogP contribution in [-0.2, 0) is 19.1 Å². The Balaban J connectivity index is 2.21. The molecule has 166 valence electrons. The third-order valence-corrected chi connectivity index (χ3v) is 5.65. The van der Waals surface area contributed by atoms with Crippen LogP contribution in [0, 0.1) is 5.92 Å². The third-order valence-electron chi connectivity index (χ3n) is 5.65. The highest BCUT2D eigenvalue weighted by atomic mass is 16.6. The zero-order chi connectivity index (χ0) is 22.9. The quantitative estimate of drug-likeness (QED) is 0.394. The van der Waals surface area contributed by atoms with Gasteiger partial charge in [0.1, 0.15) is 16.9 Å². The fraction of sp³-hybridized carbons (Fsp3) is 0.458. The van der Waals surface area contributed by atoms with Gasteiger partial charge in [0.05, 0.1) is 11.5 Å². The van der Waals surface area contributed by atoms with Gasteiger partial charge in [-0.2, -0.15) is 0 Å². The molecular weight excluding hydrogens is 400 g/mol. The number of ether oxygens (including phenoxy) is 3. The van der Waals surface area contributed by atoms with Gasteiger partial charge in [0.2, 0.25) is 0 Å². The molecule has 1 aliphatic rings. The minimum atomic E-state index is -1.02. The summed E-state index contributed by atoms with van der Waals surface area (Å²) in [6.07, 6.45) is 0.259. The van der Waals surface area contributed by atoms with E-state index in [0.29, 0.717) is 28.7 Å². The molecule has 0 aliphatic carbocycles. The zero-order valence-electron chi connectivity index (χ0n) is 18.7. The Hall–Kier alpha value is -3.09. The van der Waals surface area contributed by atoms with Crippen LogP contribution in [0.5, 0.6) is 5.75 Å². The molecule has 1 aromatic heterocycles. The summed E-state index contributed by atoms with van der Waals surface area (Å²) in [4.78, 5) is 37.4. The van der Waals surface area contributed by atoms with Crippen LogP contribution in [-0.4, -0.2) is 23.6 Å². The van der Waals surface area contributed by atoms with Gasteiger partial charge in [-0.15, -0.1) is 0 Å². The van der Waals surface area contributed by atoms with Crippen LogP contribution in [0.3, 0.4) is 0 Å². The van der Waals surface area contributed by atoms with Crippen molar-refractivity contribution in [2.24, 2.45) is 5.92 Å². The third kappa shape index (κ3) is 4.36. The molecule has 2 heterocycles. The Morgan fingerprint density at radius 2 is 1.87 bits per heavy atom. The number of allylic oxidation sites excluding steroid dienone is 1. The van der Waals surface area contributed by atoms with E-state index >= 15 is 0 Å². The summed E-state index contributed by atoms with van der Waals surface area (Å²) in [7, 11) is 0. The second-order valence-electron chi connectivity index (χ2n) is 8.32. The van der Waals surface area contributed by atoms with E-state index in [1.54, 1.807) is 58.9 Å². The SMILES string of the molecule is C/C=C(/C)C(=O)O[C@@H]1c2c(ccc3ccc(=O)oc23)OC(C)(C)[C@@H]1OC(=O)C(C)CC. The maximum absolute atomic E-state index is 12.7. The normalized spacial score (nSPS) is 21.0. The molecule has 1 aliphatic heterocycles. The molecule has 0 fully saturated rings. The number of rotatable bonds is 5. The summed E-state index contributed by atoms with van der Waals surface area (Å²) in [6.45, 7) is 10.5. The van der Waals surface area contributed by atoms with Crippen molar-refractivity contribution in [3.05, 3.63) is 51.9 Å².